The predicted molar refractivity (Wildman–Crippen MR) is 93.8 cm³/mol. The van der Waals surface area contributed by atoms with E-state index >= 15 is 0 Å². The fourth-order valence-electron chi connectivity index (χ4n) is 2.98. The van der Waals surface area contributed by atoms with Gasteiger partial charge in [0.1, 0.15) is 11.4 Å². The average Bonchev–Trinajstić information content (AvgIpc) is 3.39. The smallest absolute Gasteiger partial charge is 0.341 e. The van der Waals surface area contributed by atoms with Crippen LogP contribution in [0.5, 0.6) is 0 Å². The molecule has 0 radical (unpaired) electrons. The molecule has 0 unspecified atom stereocenters. The summed E-state index contributed by atoms with van der Waals surface area (Å²) < 4.78 is 6.99. The summed E-state index contributed by atoms with van der Waals surface area (Å²) in [5, 5.41) is 4.39. The molecule has 5 nitrogen and oxygen atoms in total. The summed E-state index contributed by atoms with van der Waals surface area (Å²) >= 11 is 0. The molecule has 1 aliphatic rings. The van der Waals surface area contributed by atoms with Gasteiger partial charge in [-0.15, -0.1) is 0 Å². The van der Waals surface area contributed by atoms with E-state index in [9.17, 15) is 4.79 Å². The molecule has 1 N–H and O–H groups in total. The Morgan fingerprint density at radius 3 is 2.88 bits per heavy atom. The molecule has 1 aromatic carbocycles. The van der Waals surface area contributed by atoms with Crippen LogP contribution in [0.25, 0.3) is 10.9 Å². The van der Waals surface area contributed by atoms with Gasteiger partial charge in [-0.2, -0.15) is 0 Å². The summed E-state index contributed by atoms with van der Waals surface area (Å²) in [5.74, 6) is 0.699. The third kappa shape index (κ3) is 2.62. The number of benzene rings is 1. The number of nitrogens with one attached hydrogen (secondary N) is 1. The second kappa shape index (κ2) is 5.67. The van der Waals surface area contributed by atoms with Crippen LogP contribution in [-0.4, -0.2) is 22.6 Å². The Kier molecular flexibility index (Phi) is 3.49. The minimum atomic E-state index is -0.367. The molecule has 2 heterocycles. The second-order valence-corrected chi connectivity index (χ2v) is 6.26. The maximum absolute atomic E-state index is 12.1. The number of carbonyl (C=O) groups excluding carboxylic acids is 1. The van der Waals surface area contributed by atoms with Gasteiger partial charge in [-0.3, -0.25) is 0 Å². The van der Waals surface area contributed by atoms with E-state index in [1.165, 1.54) is 20.0 Å². The number of rotatable bonds is 4. The van der Waals surface area contributed by atoms with Crippen molar-refractivity contribution in [3.05, 3.63) is 53.9 Å². The molecule has 5 heteroatoms. The first kappa shape index (κ1) is 14.8. The number of aromatic nitrogens is 2. The SMILES string of the molecule is COC(=O)c1cc(C2CC2)cnc1Nc1ccc2c(ccn2C)c1. The van der Waals surface area contributed by atoms with Gasteiger partial charge in [-0.1, -0.05) is 0 Å². The fourth-order valence-corrected chi connectivity index (χ4v) is 2.98. The van der Waals surface area contributed by atoms with Crippen molar-refractivity contribution in [2.75, 3.05) is 12.4 Å². The maximum Gasteiger partial charge on any atom is 0.341 e. The number of fused-ring (bicyclic) bond motifs is 1. The molecule has 122 valence electrons. The zero-order chi connectivity index (χ0) is 16.7. The number of anilines is 2. The number of hydrogen-bond acceptors (Lipinski definition) is 4. The van der Waals surface area contributed by atoms with Crippen LogP contribution < -0.4 is 5.32 Å². The normalized spacial score (nSPS) is 13.9. The lowest BCUT2D eigenvalue weighted by Crippen LogP contribution is -2.08. The van der Waals surface area contributed by atoms with Crippen LogP contribution in [0.3, 0.4) is 0 Å². The first-order valence-corrected chi connectivity index (χ1v) is 8.06. The minimum absolute atomic E-state index is 0.367. The van der Waals surface area contributed by atoms with E-state index in [-0.39, 0.29) is 5.97 Å². The molecule has 0 amide bonds. The van der Waals surface area contributed by atoms with Crippen molar-refractivity contribution in [2.24, 2.45) is 7.05 Å². The zero-order valence-corrected chi connectivity index (χ0v) is 13.7. The maximum atomic E-state index is 12.1. The predicted octanol–water partition coefficient (Wildman–Crippen LogP) is 3.98. The number of carbonyl (C=O) groups is 1. The summed E-state index contributed by atoms with van der Waals surface area (Å²) in [6.07, 6.45) is 6.21. The Morgan fingerprint density at radius 2 is 2.12 bits per heavy atom. The molecule has 1 saturated carbocycles. The Morgan fingerprint density at radius 1 is 1.29 bits per heavy atom. The molecule has 2 aromatic heterocycles. The topological polar surface area (TPSA) is 56.1 Å². The van der Waals surface area contributed by atoms with Crippen LogP contribution in [0.1, 0.15) is 34.7 Å². The molecular weight excluding hydrogens is 302 g/mol. The standard InChI is InChI=1S/C19H19N3O2/c1-22-8-7-13-9-15(5-6-17(13)22)21-18-16(19(23)24-2)10-14(11-20-18)12-3-4-12/h5-12H,3-4H2,1-2H3,(H,20,21). The van der Waals surface area contributed by atoms with Gasteiger partial charge in [0.05, 0.1) is 7.11 Å². The van der Waals surface area contributed by atoms with Crippen LogP contribution in [0.2, 0.25) is 0 Å². The molecule has 0 aliphatic heterocycles. The largest absolute Gasteiger partial charge is 0.465 e. The van der Waals surface area contributed by atoms with Crippen LogP contribution in [0, 0.1) is 0 Å². The summed E-state index contributed by atoms with van der Waals surface area (Å²) in [6.45, 7) is 0. The number of hydrogen-bond donors (Lipinski definition) is 1. The van der Waals surface area contributed by atoms with Gasteiger partial charge in [0, 0.05) is 36.0 Å². The molecule has 4 rings (SSSR count). The van der Waals surface area contributed by atoms with Gasteiger partial charge in [0.15, 0.2) is 0 Å². The first-order chi connectivity index (χ1) is 11.7. The number of aryl methyl sites for hydroxylation is 1. The van der Waals surface area contributed by atoms with E-state index in [4.69, 9.17) is 4.74 Å². The van der Waals surface area contributed by atoms with Crippen LogP contribution in [0.4, 0.5) is 11.5 Å². The van der Waals surface area contributed by atoms with E-state index in [0.29, 0.717) is 17.3 Å². The highest BCUT2D eigenvalue weighted by molar-refractivity contribution is 5.96. The van der Waals surface area contributed by atoms with Gasteiger partial charge < -0.3 is 14.6 Å². The lowest BCUT2D eigenvalue weighted by Gasteiger charge is -2.12. The van der Waals surface area contributed by atoms with E-state index in [0.717, 1.165) is 22.2 Å². The molecule has 0 saturated heterocycles. The number of esters is 1. The Labute approximate surface area is 140 Å². The van der Waals surface area contributed by atoms with Crippen molar-refractivity contribution in [3.63, 3.8) is 0 Å². The van der Waals surface area contributed by atoms with E-state index < -0.39 is 0 Å². The second-order valence-electron chi connectivity index (χ2n) is 6.26. The Bertz CT molecular complexity index is 926. The van der Waals surface area contributed by atoms with E-state index in [2.05, 4.69) is 20.9 Å². The van der Waals surface area contributed by atoms with Crippen molar-refractivity contribution in [1.29, 1.82) is 0 Å². The van der Waals surface area contributed by atoms with E-state index in [1.807, 2.05) is 43.7 Å². The molecule has 0 bridgehead atoms. The molecule has 1 aliphatic carbocycles. The summed E-state index contributed by atoms with van der Waals surface area (Å²) in [7, 11) is 3.41. The molecule has 0 atom stereocenters. The highest BCUT2D eigenvalue weighted by Crippen LogP contribution is 2.40. The number of ether oxygens (including phenoxy) is 1. The van der Waals surface area contributed by atoms with E-state index in [1.54, 1.807) is 0 Å². The molecule has 24 heavy (non-hydrogen) atoms. The quantitative estimate of drug-likeness (QED) is 0.739. The van der Waals surface area contributed by atoms with Gasteiger partial charge in [-0.25, -0.2) is 9.78 Å². The summed E-state index contributed by atoms with van der Waals surface area (Å²) in [4.78, 5) is 16.6. The number of pyridine rings is 1. The number of nitrogens with zero attached hydrogens (tertiary/aromatic N) is 2. The minimum Gasteiger partial charge on any atom is -0.465 e. The molecule has 0 spiro atoms. The van der Waals surface area contributed by atoms with Crippen molar-refractivity contribution >= 4 is 28.4 Å². The van der Waals surface area contributed by atoms with Crippen LogP contribution >= 0.6 is 0 Å². The molecule has 3 aromatic rings. The van der Waals surface area contributed by atoms with Crippen LogP contribution in [0.15, 0.2) is 42.7 Å². The van der Waals surface area contributed by atoms with Crippen molar-refractivity contribution < 1.29 is 9.53 Å². The zero-order valence-electron chi connectivity index (χ0n) is 13.7. The first-order valence-electron chi connectivity index (χ1n) is 8.06. The van der Waals surface area contributed by atoms with Crippen molar-refractivity contribution in [1.82, 2.24) is 9.55 Å². The third-order valence-corrected chi connectivity index (χ3v) is 4.51. The lowest BCUT2D eigenvalue weighted by molar-refractivity contribution is 0.0601. The number of methoxy groups -OCH3 is 1. The van der Waals surface area contributed by atoms with Gasteiger partial charge in [0.25, 0.3) is 0 Å². The highest BCUT2D eigenvalue weighted by atomic mass is 16.5. The molecule has 1 fully saturated rings. The summed E-state index contributed by atoms with van der Waals surface area (Å²) in [5.41, 5.74) is 3.64. The van der Waals surface area contributed by atoms with Crippen molar-refractivity contribution in [3.8, 4) is 0 Å². The van der Waals surface area contributed by atoms with Gasteiger partial charge in [0.2, 0.25) is 0 Å². The van der Waals surface area contributed by atoms with Gasteiger partial charge >= 0.3 is 5.97 Å². The highest BCUT2D eigenvalue weighted by Gasteiger charge is 2.26. The average molecular weight is 321 g/mol. The van der Waals surface area contributed by atoms with Gasteiger partial charge in [-0.05, 0) is 54.7 Å². The third-order valence-electron chi connectivity index (χ3n) is 4.51. The Hall–Kier alpha value is -2.82. The summed E-state index contributed by atoms with van der Waals surface area (Å²) in [6, 6.07) is 10.0. The Balaban J connectivity index is 1.70. The van der Waals surface area contributed by atoms with Crippen LogP contribution in [-0.2, 0) is 11.8 Å². The molecular formula is C19H19N3O2. The van der Waals surface area contributed by atoms with Crippen molar-refractivity contribution in [2.45, 2.75) is 18.8 Å². The fraction of sp³-hybridized carbons (Fsp3) is 0.263. The monoisotopic (exact) mass is 321 g/mol. The lowest BCUT2D eigenvalue weighted by atomic mass is 10.1.